The third-order valence-electron chi connectivity index (χ3n) is 4.09. The van der Waals surface area contributed by atoms with E-state index in [4.69, 9.17) is 4.42 Å². The minimum absolute atomic E-state index is 0.00893. The molecule has 2 unspecified atom stereocenters. The largest absolute Gasteiger partial charge is 0.444 e. The molecule has 0 aromatic carbocycles. The van der Waals surface area contributed by atoms with Crippen molar-refractivity contribution in [2.24, 2.45) is 0 Å². The zero-order valence-electron chi connectivity index (χ0n) is 11.9. The van der Waals surface area contributed by atoms with Crippen LogP contribution in [0.3, 0.4) is 0 Å². The summed E-state index contributed by atoms with van der Waals surface area (Å²) < 4.78 is 5.57. The lowest BCUT2D eigenvalue weighted by Gasteiger charge is -2.45. The van der Waals surface area contributed by atoms with Gasteiger partial charge in [-0.1, -0.05) is 6.92 Å². The van der Waals surface area contributed by atoms with Gasteiger partial charge in [-0.3, -0.25) is 0 Å². The lowest BCUT2D eigenvalue weighted by molar-refractivity contribution is 0.0973. The Morgan fingerprint density at radius 1 is 1.60 bits per heavy atom. The number of carbonyl (C=O) groups excluding carboxylic acids is 1. The number of urea groups is 1. The average molecular weight is 278 g/mol. The van der Waals surface area contributed by atoms with E-state index in [0.717, 1.165) is 44.0 Å². The van der Waals surface area contributed by atoms with Crippen molar-refractivity contribution in [3.8, 4) is 0 Å². The molecule has 6 heteroatoms. The molecule has 4 heterocycles. The van der Waals surface area contributed by atoms with Gasteiger partial charge in [0, 0.05) is 31.6 Å². The first kappa shape index (κ1) is 13.4. The van der Waals surface area contributed by atoms with Gasteiger partial charge in [0.25, 0.3) is 0 Å². The second kappa shape index (κ2) is 5.83. The molecule has 2 amide bonds. The number of oxazole rings is 1. The number of fused-ring (bicyclic) bond motifs is 3. The fourth-order valence-electron chi connectivity index (χ4n) is 2.98. The molecule has 3 saturated heterocycles. The first-order valence-electron chi connectivity index (χ1n) is 7.47. The van der Waals surface area contributed by atoms with Crippen molar-refractivity contribution in [2.45, 2.75) is 51.2 Å². The Morgan fingerprint density at radius 3 is 3.15 bits per heavy atom. The summed E-state index contributed by atoms with van der Waals surface area (Å²) in [4.78, 5) is 18.4. The Hall–Kier alpha value is -1.56. The van der Waals surface area contributed by atoms with Crippen LogP contribution in [0.4, 0.5) is 4.79 Å². The van der Waals surface area contributed by atoms with Gasteiger partial charge in [-0.15, -0.1) is 0 Å². The molecule has 1 aromatic rings. The predicted molar refractivity (Wildman–Crippen MR) is 74.3 cm³/mol. The maximum atomic E-state index is 12.2. The molecule has 1 aromatic heterocycles. The van der Waals surface area contributed by atoms with Gasteiger partial charge in [-0.25, -0.2) is 9.78 Å². The van der Waals surface area contributed by atoms with Crippen molar-refractivity contribution in [1.29, 1.82) is 0 Å². The number of aryl methyl sites for hydroxylation is 1. The second-order valence-electron chi connectivity index (χ2n) is 5.62. The molecule has 2 atom stereocenters. The van der Waals surface area contributed by atoms with Crippen LogP contribution < -0.4 is 10.6 Å². The Morgan fingerprint density at radius 2 is 2.50 bits per heavy atom. The van der Waals surface area contributed by atoms with Crippen LogP contribution in [0.15, 0.2) is 10.6 Å². The third-order valence-corrected chi connectivity index (χ3v) is 4.09. The molecule has 20 heavy (non-hydrogen) atoms. The van der Waals surface area contributed by atoms with Crippen molar-refractivity contribution in [3.05, 3.63) is 17.8 Å². The summed E-state index contributed by atoms with van der Waals surface area (Å²) in [7, 11) is 0. The monoisotopic (exact) mass is 278 g/mol. The first-order chi connectivity index (χ1) is 9.76. The molecular weight excluding hydrogens is 256 g/mol. The van der Waals surface area contributed by atoms with Crippen LogP contribution >= 0.6 is 0 Å². The van der Waals surface area contributed by atoms with E-state index in [1.807, 2.05) is 4.90 Å². The van der Waals surface area contributed by atoms with Gasteiger partial charge in [-0.05, 0) is 19.3 Å². The third kappa shape index (κ3) is 2.80. The Bertz CT molecular complexity index is 465. The smallest absolute Gasteiger partial charge is 0.318 e. The van der Waals surface area contributed by atoms with Crippen LogP contribution in [-0.4, -0.2) is 41.1 Å². The molecule has 2 bridgehead atoms. The molecule has 0 spiro atoms. The SMILES string of the molecule is CCCc1ncc(CNC(=O)N2CC3CCC2CN3)o1. The number of nitrogens with one attached hydrogen (secondary N) is 2. The highest BCUT2D eigenvalue weighted by atomic mass is 16.4. The number of carbonyl (C=O) groups is 1. The maximum Gasteiger partial charge on any atom is 0.318 e. The predicted octanol–water partition coefficient (Wildman–Crippen LogP) is 1.27. The summed E-state index contributed by atoms with van der Waals surface area (Å²) in [6, 6.07) is 0.812. The Kier molecular flexibility index (Phi) is 3.91. The molecule has 0 aliphatic carbocycles. The van der Waals surface area contributed by atoms with E-state index in [9.17, 15) is 4.79 Å². The number of rotatable bonds is 4. The van der Waals surface area contributed by atoms with E-state index in [1.54, 1.807) is 6.20 Å². The van der Waals surface area contributed by atoms with Crippen LogP contribution in [0.2, 0.25) is 0 Å². The van der Waals surface area contributed by atoms with E-state index in [1.165, 1.54) is 6.42 Å². The highest BCUT2D eigenvalue weighted by Crippen LogP contribution is 2.22. The fourth-order valence-corrected chi connectivity index (χ4v) is 2.98. The summed E-state index contributed by atoms with van der Waals surface area (Å²) in [6.07, 6.45) is 5.84. The van der Waals surface area contributed by atoms with Crippen molar-refractivity contribution in [2.75, 3.05) is 13.1 Å². The van der Waals surface area contributed by atoms with Crippen LogP contribution in [0.1, 0.15) is 37.8 Å². The van der Waals surface area contributed by atoms with Crippen molar-refractivity contribution in [3.63, 3.8) is 0 Å². The average Bonchev–Trinajstić information content (AvgIpc) is 2.94. The zero-order valence-corrected chi connectivity index (χ0v) is 11.9. The summed E-state index contributed by atoms with van der Waals surface area (Å²) in [5.74, 6) is 1.47. The van der Waals surface area contributed by atoms with Crippen molar-refractivity contribution < 1.29 is 9.21 Å². The highest BCUT2D eigenvalue weighted by molar-refractivity contribution is 5.74. The number of piperazine rings is 1. The highest BCUT2D eigenvalue weighted by Gasteiger charge is 2.35. The quantitative estimate of drug-likeness (QED) is 0.870. The van der Waals surface area contributed by atoms with Gasteiger partial charge in [0.2, 0.25) is 0 Å². The minimum Gasteiger partial charge on any atom is -0.444 e. The molecule has 3 fully saturated rings. The van der Waals surface area contributed by atoms with Gasteiger partial charge < -0.3 is 20.0 Å². The molecule has 2 N–H and O–H groups in total. The number of amides is 2. The number of nitrogens with zero attached hydrogens (tertiary/aromatic N) is 2. The number of aromatic nitrogens is 1. The number of hydrogen-bond donors (Lipinski definition) is 2. The van der Waals surface area contributed by atoms with E-state index < -0.39 is 0 Å². The molecule has 3 aliphatic rings. The normalized spacial score (nSPS) is 24.9. The van der Waals surface area contributed by atoms with E-state index in [2.05, 4.69) is 22.5 Å². The molecule has 4 rings (SSSR count). The van der Waals surface area contributed by atoms with Crippen molar-refractivity contribution >= 4 is 6.03 Å². The molecule has 6 nitrogen and oxygen atoms in total. The molecule has 110 valence electrons. The van der Waals surface area contributed by atoms with Crippen molar-refractivity contribution in [1.82, 2.24) is 20.5 Å². The Balaban J connectivity index is 1.51. The lowest BCUT2D eigenvalue weighted by atomic mass is 9.93. The van der Waals surface area contributed by atoms with Crippen LogP contribution in [0.25, 0.3) is 0 Å². The van der Waals surface area contributed by atoms with Gasteiger partial charge in [0.1, 0.15) is 5.76 Å². The standard InChI is InChI=1S/C14H22N4O2/c1-2-3-13-16-7-12(20-13)8-17-14(19)18-9-10-4-5-11(18)6-15-10/h7,10-11,15H,2-6,8-9H2,1H3,(H,17,19). The summed E-state index contributed by atoms with van der Waals surface area (Å²) >= 11 is 0. The first-order valence-corrected chi connectivity index (χ1v) is 7.47. The topological polar surface area (TPSA) is 70.4 Å². The van der Waals surface area contributed by atoms with Gasteiger partial charge >= 0.3 is 6.03 Å². The van der Waals surface area contributed by atoms with Gasteiger partial charge in [0.05, 0.1) is 12.7 Å². The molecule has 0 saturated carbocycles. The lowest BCUT2D eigenvalue weighted by Crippen LogP contribution is -2.63. The van der Waals surface area contributed by atoms with E-state index in [0.29, 0.717) is 18.6 Å². The molecule has 3 aliphatic heterocycles. The fraction of sp³-hybridized carbons (Fsp3) is 0.714. The number of piperidine rings is 2. The number of hydrogen-bond acceptors (Lipinski definition) is 4. The second-order valence-corrected chi connectivity index (χ2v) is 5.62. The van der Waals surface area contributed by atoms with Crippen LogP contribution in [0.5, 0.6) is 0 Å². The van der Waals surface area contributed by atoms with E-state index in [-0.39, 0.29) is 6.03 Å². The summed E-state index contributed by atoms with van der Waals surface area (Å²) in [5.41, 5.74) is 0. The Labute approximate surface area is 118 Å². The van der Waals surface area contributed by atoms with Gasteiger partial charge in [0.15, 0.2) is 5.89 Å². The minimum atomic E-state index is 0.00893. The van der Waals surface area contributed by atoms with Gasteiger partial charge in [-0.2, -0.15) is 0 Å². The molecular formula is C14H22N4O2. The molecule has 0 radical (unpaired) electrons. The van der Waals surface area contributed by atoms with Crippen LogP contribution in [0, 0.1) is 0 Å². The summed E-state index contributed by atoms with van der Waals surface area (Å²) in [5, 5.41) is 6.38. The van der Waals surface area contributed by atoms with Crippen LogP contribution in [-0.2, 0) is 13.0 Å². The summed E-state index contributed by atoms with van der Waals surface area (Å²) in [6.45, 7) is 4.23. The maximum absolute atomic E-state index is 12.2. The van der Waals surface area contributed by atoms with E-state index >= 15 is 0 Å². The zero-order chi connectivity index (χ0) is 13.9.